The summed E-state index contributed by atoms with van der Waals surface area (Å²) in [4.78, 5) is 17.2. The number of rotatable bonds is 5. The van der Waals surface area contributed by atoms with Crippen molar-refractivity contribution in [2.45, 2.75) is 0 Å². The number of hydrogen-bond donors (Lipinski definition) is 0. The van der Waals surface area contributed by atoms with Crippen LogP contribution < -0.4 is 4.90 Å². The molecule has 0 saturated carbocycles. The molecule has 0 bridgehead atoms. The van der Waals surface area contributed by atoms with Crippen molar-refractivity contribution in [3.05, 3.63) is 123 Å². The van der Waals surface area contributed by atoms with Crippen molar-refractivity contribution in [3.63, 3.8) is 0 Å². The van der Waals surface area contributed by atoms with Crippen molar-refractivity contribution < 1.29 is 4.92 Å². The van der Waals surface area contributed by atoms with Gasteiger partial charge >= 0.3 is 0 Å². The molecule has 0 aromatic heterocycles. The molecule has 5 rings (SSSR count). The molecule has 0 N–H and O–H groups in total. The predicted molar refractivity (Wildman–Crippen MR) is 140 cm³/mol. The van der Waals surface area contributed by atoms with Crippen molar-refractivity contribution in [2.75, 3.05) is 19.0 Å². The second kappa shape index (κ2) is 8.79. The molecule has 1 aliphatic carbocycles. The molecule has 1 aliphatic rings. The van der Waals surface area contributed by atoms with Gasteiger partial charge < -0.3 is 4.90 Å². The third-order valence-electron chi connectivity index (χ3n) is 5.99. The maximum Gasteiger partial charge on any atom is 0.269 e. The number of aliphatic imine (C=N–C) groups is 1. The molecule has 0 amide bonds. The van der Waals surface area contributed by atoms with Crippen molar-refractivity contribution in [2.24, 2.45) is 4.99 Å². The number of hydrogen-bond acceptors (Lipinski definition) is 4. The van der Waals surface area contributed by atoms with Crippen molar-refractivity contribution in [3.8, 4) is 11.1 Å². The molecule has 0 spiro atoms. The third-order valence-corrected chi connectivity index (χ3v) is 5.99. The second-order valence-corrected chi connectivity index (χ2v) is 8.43. The lowest BCUT2D eigenvalue weighted by molar-refractivity contribution is -0.384. The zero-order chi connectivity index (χ0) is 23.7. The summed E-state index contributed by atoms with van der Waals surface area (Å²) >= 11 is 0. The van der Waals surface area contributed by atoms with Crippen molar-refractivity contribution >= 4 is 34.9 Å². The van der Waals surface area contributed by atoms with Crippen LogP contribution in [0.5, 0.6) is 0 Å². The summed E-state index contributed by atoms with van der Waals surface area (Å²) in [5, 5.41) is 10.9. The maximum absolute atomic E-state index is 10.9. The monoisotopic (exact) mass is 445 g/mol. The standard InChI is InChI=1S/C29H23N3O2/c1-31(2)23-12-7-20(8-13-23)17-28-26-6-4-3-5-25(26)27-16-11-22(18-29(27)28)30-19-21-9-14-24(15-10-21)32(33)34/h3-19H,1-2H3/b28-17+,30-19?. The van der Waals surface area contributed by atoms with Crippen LogP contribution in [-0.4, -0.2) is 25.2 Å². The van der Waals surface area contributed by atoms with Gasteiger partial charge in [-0.25, -0.2) is 0 Å². The molecule has 0 saturated heterocycles. The van der Waals surface area contributed by atoms with Gasteiger partial charge in [-0.15, -0.1) is 0 Å². The van der Waals surface area contributed by atoms with Gasteiger partial charge in [-0.3, -0.25) is 15.1 Å². The molecule has 0 heterocycles. The largest absolute Gasteiger partial charge is 0.378 e. The zero-order valence-electron chi connectivity index (χ0n) is 19.0. The smallest absolute Gasteiger partial charge is 0.269 e. The average Bonchev–Trinajstić information content (AvgIpc) is 3.16. The summed E-state index contributed by atoms with van der Waals surface area (Å²) < 4.78 is 0. The third kappa shape index (κ3) is 4.11. The first-order valence-electron chi connectivity index (χ1n) is 11.0. The van der Waals surface area contributed by atoms with Gasteiger partial charge in [0.05, 0.1) is 10.6 Å². The Morgan fingerprint density at radius 3 is 2.09 bits per heavy atom. The van der Waals surface area contributed by atoms with Crippen molar-refractivity contribution in [1.29, 1.82) is 0 Å². The molecule has 0 unspecified atom stereocenters. The summed E-state index contributed by atoms with van der Waals surface area (Å²) in [6, 6.07) is 29.6. The van der Waals surface area contributed by atoms with Gasteiger partial charge in [0.1, 0.15) is 0 Å². The van der Waals surface area contributed by atoms with Crippen LogP contribution in [0.3, 0.4) is 0 Å². The molecular weight excluding hydrogens is 422 g/mol. The number of anilines is 1. The van der Waals surface area contributed by atoms with Gasteiger partial charge in [0.25, 0.3) is 5.69 Å². The minimum absolute atomic E-state index is 0.0702. The molecule has 5 nitrogen and oxygen atoms in total. The summed E-state index contributed by atoms with van der Waals surface area (Å²) in [5.41, 5.74) is 9.98. The highest BCUT2D eigenvalue weighted by Crippen LogP contribution is 2.46. The van der Waals surface area contributed by atoms with Gasteiger partial charge in [-0.05, 0) is 81.4 Å². The van der Waals surface area contributed by atoms with E-state index in [-0.39, 0.29) is 5.69 Å². The number of non-ortho nitro benzene ring substituents is 1. The Bertz CT molecular complexity index is 1430. The Morgan fingerprint density at radius 1 is 0.765 bits per heavy atom. The highest BCUT2D eigenvalue weighted by molar-refractivity contribution is 6.07. The normalized spacial score (nSPS) is 13.2. The van der Waals surface area contributed by atoms with Crippen LogP contribution in [0.4, 0.5) is 17.1 Å². The van der Waals surface area contributed by atoms with Crippen LogP contribution in [0, 0.1) is 10.1 Å². The molecule has 0 aliphatic heterocycles. The van der Waals surface area contributed by atoms with Gasteiger partial charge in [-0.1, -0.05) is 42.5 Å². The fourth-order valence-corrected chi connectivity index (χ4v) is 4.19. The van der Waals surface area contributed by atoms with E-state index in [0.717, 1.165) is 28.1 Å². The first-order chi connectivity index (χ1) is 16.5. The quantitative estimate of drug-likeness (QED) is 0.167. The van der Waals surface area contributed by atoms with Crippen LogP contribution in [-0.2, 0) is 0 Å². The predicted octanol–water partition coefficient (Wildman–Crippen LogP) is 6.98. The van der Waals surface area contributed by atoms with E-state index < -0.39 is 4.92 Å². The molecule has 0 atom stereocenters. The topological polar surface area (TPSA) is 58.7 Å². The lowest BCUT2D eigenvalue weighted by atomic mass is 10.0. The number of nitrogens with zero attached hydrogens (tertiary/aromatic N) is 3. The summed E-state index contributed by atoms with van der Waals surface area (Å²) in [6.07, 6.45) is 3.96. The van der Waals surface area contributed by atoms with Gasteiger partial charge in [0, 0.05) is 38.1 Å². The highest BCUT2D eigenvalue weighted by Gasteiger charge is 2.23. The Hall–Kier alpha value is -4.51. The molecule has 34 heavy (non-hydrogen) atoms. The van der Waals surface area contributed by atoms with E-state index in [1.807, 2.05) is 20.2 Å². The Morgan fingerprint density at radius 2 is 1.41 bits per heavy atom. The Kier molecular flexibility index (Phi) is 5.52. The van der Waals surface area contributed by atoms with Crippen LogP contribution in [0.15, 0.2) is 96.0 Å². The van der Waals surface area contributed by atoms with E-state index in [2.05, 4.69) is 76.6 Å². The lowest BCUT2D eigenvalue weighted by Crippen LogP contribution is -2.07. The van der Waals surface area contributed by atoms with Crippen LogP contribution in [0.1, 0.15) is 22.3 Å². The van der Waals surface area contributed by atoms with Gasteiger partial charge in [-0.2, -0.15) is 0 Å². The average molecular weight is 446 g/mol. The van der Waals surface area contributed by atoms with E-state index in [1.165, 1.54) is 34.4 Å². The fraction of sp³-hybridized carbons (Fsp3) is 0.0690. The molecule has 5 heteroatoms. The van der Waals surface area contributed by atoms with E-state index in [1.54, 1.807) is 18.3 Å². The van der Waals surface area contributed by atoms with E-state index >= 15 is 0 Å². The first-order valence-corrected chi connectivity index (χ1v) is 11.0. The van der Waals surface area contributed by atoms with Gasteiger partial charge in [0.2, 0.25) is 0 Å². The maximum atomic E-state index is 10.9. The molecule has 4 aromatic carbocycles. The second-order valence-electron chi connectivity index (χ2n) is 8.43. The Labute approximate surface area is 198 Å². The van der Waals surface area contributed by atoms with Gasteiger partial charge in [0.15, 0.2) is 0 Å². The fourth-order valence-electron chi connectivity index (χ4n) is 4.19. The lowest BCUT2D eigenvalue weighted by Gasteiger charge is -2.12. The number of fused-ring (bicyclic) bond motifs is 3. The number of benzene rings is 4. The first kappa shape index (κ1) is 21.3. The van der Waals surface area contributed by atoms with Crippen LogP contribution in [0.25, 0.3) is 22.8 Å². The van der Waals surface area contributed by atoms with Crippen LogP contribution >= 0.6 is 0 Å². The van der Waals surface area contributed by atoms with E-state index in [0.29, 0.717) is 0 Å². The minimum atomic E-state index is -0.402. The summed E-state index contributed by atoms with van der Waals surface area (Å²) in [6.45, 7) is 0. The number of nitro benzene ring substituents is 1. The number of nitro groups is 1. The molecular formula is C29H23N3O2. The molecule has 0 radical (unpaired) electrons. The summed E-state index contributed by atoms with van der Waals surface area (Å²) in [7, 11) is 4.07. The molecule has 0 fully saturated rings. The summed E-state index contributed by atoms with van der Waals surface area (Å²) in [5.74, 6) is 0. The minimum Gasteiger partial charge on any atom is -0.378 e. The molecule has 4 aromatic rings. The van der Waals surface area contributed by atoms with Crippen molar-refractivity contribution in [1.82, 2.24) is 0 Å². The zero-order valence-corrected chi connectivity index (χ0v) is 19.0. The molecule has 166 valence electrons. The SMILES string of the molecule is CN(C)c1ccc(/C=C2\c3ccccc3-c3ccc(N=Cc4ccc([N+](=O)[O-])cc4)cc32)cc1. The Balaban J connectivity index is 1.51. The van der Waals surface area contributed by atoms with E-state index in [4.69, 9.17) is 0 Å². The van der Waals surface area contributed by atoms with E-state index in [9.17, 15) is 10.1 Å². The van der Waals surface area contributed by atoms with Crippen LogP contribution in [0.2, 0.25) is 0 Å². The highest BCUT2D eigenvalue weighted by atomic mass is 16.6.